The Balaban J connectivity index is 2.10. The molecule has 0 spiro atoms. The van der Waals surface area contributed by atoms with Gasteiger partial charge in [-0.15, -0.1) is 0 Å². The highest BCUT2D eigenvalue weighted by atomic mass is 32.2. The summed E-state index contributed by atoms with van der Waals surface area (Å²) in [6, 6.07) is 6.09. The maximum absolute atomic E-state index is 13.1. The summed E-state index contributed by atoms with van der Waals surface area (Å²) < 4.78 is 29.3. The summed E-state index contributed by atoms with van der Waals surface area (Å²) in [5.41, 5.74) is 2.12. The van der Waals surface area contributed by atoms with E-state index in [9.17, 15) is 18.0 Å². The van der Waals surface area contributed by atoms with Crippen molar-refractivity contribution in [1.29, 1.82) is 0 Å². The zero-order valence-corrected chi connectivity index (χ0v) is 17.9. The van der Waals surface area contributed by atoms with Gasteiger partial charge < -0.3 is 0 Å². The van der Waals surface area contributed by atoms with Crippen molar-refractivity contribution in [3.05, 3.63) is 56.5 Å². The van der Waals surface area contributed by atoms with Gasteiger partial charge in [-0.05, 0) is 44.5 Å². The van der Waals surface area contributed by atoms with Crippen LogP contribution in [0.5, 0.6) is 0 Å². The monoisotopic (exact) mass is 430 g/mol. The lowest BCUT2D eigenvalue weighted by Gasteiger charge is -2.08. The summed E-state index contributed by atoms with van der Waals surface area (Å²) in [4.78, 5) is 30.4. The van der Waals surface area contributed by atoms with E-state index in [1.807, 2.05) is 25.3 Å². The van der Waals surface area contributed by atoms with E-state index in [2.05, 4.69) is 4.98 Å². The Bertz CT molecular complexity index is 1530. The number of nitrogens with zero attached hydrogens (tertiary/aromatic N) is 5. The Kier molecular flexibility index (Phi) is 4.47. The zero-order valence-electron chi connectivity index (χ0n) is 17.1. The molecule has 0 aliphatic rings. The quantitative estimate of drug-likeness (QED) is 0.513. The van der Waals surface area contributed by atoms with E-state index in [1.54, 1.807) is 23.6 Å². The molecule has 0 aliphatic heterocycles. The van der Waals surface area contributed by atoms with Gasteiger partial charge in [0, 0.05) is 30.7 Å². The molecular formula is C19H22N6O4S. The van der Waals surface area contributed by atoms with Gasteiger partial charge in [-0.3, -0.25) is 22.9 Å². The van der Waals surface area contributed by atoms with Crippen molar-refractivity contribution in [1.82, 2.24) is 23.1 Å². The summed E-state index contributed by atoms with van der Waals surface area (Å²) in [6.45, 7) is 5.98. The molecule has 0 atom stereocenters. The summed E-state index contributed by atoms with van der Waals surface area (Å²) >= 11 is 0. The number of nitrogens with two attached hydrogens (primary N) is 1. The van der Waals surface area contributed by atoms with Gasteiger partial charge in [0.15, 0.2) is 11.2 Å². The number of fused-ring (bicyclic) bond motifs is 3. The molecule has 1 aromatic carbocycles. The fourth-order valence-corrected chi connectivity index (χ4v) is 4.28. The summed E-state index contributed by atoms with van der Waals surface area (Å²) in [7, 11) is -2.21. The van der Waals surface area contributed by atoms with Gasteiger partial charge in [-0.2, -0.15) is 4.98 Å². The Morgan fingerprint density at radius 3 is 2.27 bits per heavy atom. The minimum absolute atomic E-state index is 0.00199. The van der Waals surface area contributed by atoms with Crippen molar-refractivity contribution in [3.8, 4) is 5.69 Å². The zero-order chi connectivity index (χ0) is 22.0. The van der Waals surface area contributed by atoms with Crippen molar-refractivity contribution in [2.24, 2.45) is 12.2 Å². The number of hydrogen-bond donors (Lipinski definition) is 1. The number of imidazole rings is 2. The van der Waals surface area contributed by atoms with Crippen LogP contribution in [0.1, 0.15) is 24.7 Å². The maximum atomic E-state index is 13.1. The second kappa shape index (κ2) is 6.67. The topological polar surface area (TPSA) is 126 Å². The van der Waals surface area contributed by atoms with Gasteiger partial charge in [0.25, 0.3) is 5.56 Å². The van der Waals surface area contributed by atoms with Crippen molar-refractivity contribution in [3.63, 3.8) is 0 Å². The van der Waals surface area contributed by atoms with Crippen molar-refractivity contribution < 1.29 is 8.42 Å². The highest BCUT2D eigenvalue weighted by molar-refractivity contribution is 7.89. The third-order valence-electron chi connectivity index (χ3n) is 5.39. The molecule has 0 amide bonds. The lowest BCUT2D eigenvalue weighted by molar-refractivity contribution is 0.592. The number of benzene rings is 1. The van der Waals surface area contributed by atoms with Crippen molar-refractivity contribution in [2.45, 2.75) is 38.6 Å². The molecule has 3 heterocycles. The van der Waals surface area contributed by atoms with Crippen LogP contribution in [0.2, 0.25) is 0 Å². The van der Waals surface area contributed by atoms with Crippen LogP contribution in [0, 0.1) is 13.8 Å². The molecule has 10 nitrogen and oxygen atoms in total. The third kappa shape index (κ3) is 2.73. The first kappa shape index (κ1) is 20.1. The van der Waals surface area contributed by atoms with Crippen LogP contribution in [-0.2, 0) is 23.6 Å². The first-order valence-corrected chi connectivity index (χ1v) is 11.0. The highest BCUT2D eigenvalue weighted by Gasteiger charge is 2.23. The molecule has 3 aromatic heterocycles. The Labute approximate surface area is 171 Å². The molecule has 158 valence electrons. The lowest BCUT2D eigenvalue weighted by Crippen LogP contribution is -2.39. The van der Waals surface area contributed by atoms with Crippen LogP contribution in [0.4, 0.5) is 0 Å². The largest absolute Gasteiger partial charge is 0.332 e. The van der Waals surface area contributed by atoms with Crippen LogP contribution in [-0.4, -0.2) is 31.5 Å². The van der Waals surface area contributed by atoms with Gasteiger partial charge in [0.1, 0.15) is 0 Å². The van der Waals surface area contributed by atoms with Gasteiger partial charge in [0.2, 0.25) is 15.8 Å². The van der Waals surface area contributed by atoms with Gasteiger partial charge in [-0.1, -0.05) is 6.92 Å². The molecular weight excluding hydrogens is 408 g/mol. The van der Waals surface area contributed by atoms with E-state index in [0.717, 1.165) is 11.4 Å². The van der Waals surface area contributed by atoms with Gasteiger partial charge >= 0.3 is 5.69 Å². The second-order valence-corrected chi connectivity index (χ2v) is 8.82. The summed E-state index contributed by atoms with van der Waals surface area (Å²) in [6.07, 6.45) is 0.651. The molecule has 0 aliphatic carbocycles. The number of rotatable bonds is 4. The van der Waals surface area contributed by atoms with Gasteiger partial charge in [0.05, 0.1) is 4.90 Å². The standard InChI is InChI=1S/C19H22N6O4S/c1-5-10-23-17(26)15-16(22(4)19(23)27)21-18-24(11(2)12(3)25(15)18)13-6-8-14(9-7-13)30(20,28)29/h6-9H,5,10H2,1-4H3,(H2,20,28,29). The fourth-order valence-electron chi connectivity index (χ4n) is 3.77. The molecule has 0 unspecified atom stereocenters. The van der Waals surface area contributed by atoms with E-state index < -0.39 is 15.7 Å². The molecule has 11 heteroatoms. The average Bonchev–Trinajstić information content (AvgIpc) is 3.19. The van der Waals surface area contributed by atoms with E-state index in [0.29, 0.717) is 35.6 Å². The molecule has 0 radical (unpaired) electrons. The van der Waals surface area contributed by atoms with Crippen molar-refractivity contribution >= 4 is 27.0 Å². The predicted molar refractivity (Wildman–Crippen MR) is 113 cm³/mol. The van der Waals surface area contributed by atoms with Crippen LogP contribution in [0.25, 0.3) is 22.6 Å². The number of hydrogen-bond acceptors (Lipinski definition) is 5. The second-order valence-electron chi connectivity index (χ2n) is 7.26. The van der Waals surface area contributed by atoms with E-state index in [1.165, 1.54) is 21.3 Å². The average molecular weight is 430 g/mol. The first-order chi connectivity index (χ1) is 14.1. The molecule has 0 fully saturated rings. The van der Waals surface area contributed by atoms with Crippen LogP contribution in [0.15, 0.2) is 38.8 Å². The lowest BCUT2D eigenvalue weighted by atomic mass is 10.3. The van der Waals surface area contributed by atoms with Crippen LogP contribution in [0.3, 0.4) is 0 Å². The minimum Gasteiger partial charge on any atom is -0.283 e. The first-order valence-electron chi connectivity index (χ1n) is 9.41. The molecule has 4 rings (SSSR count). The smallest absolute Gasteiger partial charge is 0.283 e. The van der Waals surface area contributed by atoms with E-state index >= 15 is 0 Å². The molecule has 30 heavy (non-hydrogen) atoms. The van der Waals surface area contributed by atoms with Crippen LogP contribution < -0.4 is 16.4 Å². The van der Waals surface area contributed by atoms with E-state index in [-0.39, 0.29) is 10.5 Å². The Morgan fingerprint density at radius 2 is 1.70 bits per heavy atom. The Morgan fingerprint density at radius 1 is 1.07 bits per heavy atom. The van der Waals surface area contributed by atoms with Crippen molar-refractivity contribution in [2.75, 3.05) is 0 Å². The molecule has 0 saturated carbocycles. The maximum Gasteiger partial charge on any atom is 0.332 e. The highest BCUT2D eigenvalue weighted by Crippen LogP contribution is 2.25. The van der Waals surface area contributed by atoms with Gasteiger partial charge in [-0.25, -0.2) is 18.4 Å². The number of aromatic nitrogens is 5. The molecule has 4 aromatic rings. The van der Waals surface area contributed by atoms with E-state index in [4.69, 9.17) is 5.14 Å². The third-order valence-corrected chi connectivity index (χ3v) is 6.32. The summed E-state index contributed by atoms with van der Waals surface area (Å²) in [5, 5.41) is 5.19. The number of aryl methyl sites for hydroxylation is 2. The summed E-state index contributed by atoms with van der Waals surface area (Å²) in [5.74, 6) is 0.463. The molecule has 2 N–H and O–H groups in total. The number of primary sulfonamides is 1. The minimum atomic E-state index is -3.81. The molecule has 0 saturated heterocycles. The normalized spacial score (nSPS) is 12.3. The molecule has 0 bridgehead atoms. The van der Waals surface area contributed by atoms with Crippen LogP contribution >= 0.6 is 0 Å². The number of sulfonamides is 1. The SMILES string of the molecule is CCCn1c(=O)c2c(nc3n(-c4ccc(S(N)(=O)=O)cc4)c(C)c(C)n23)n(C)c1=O. The fraction of sp³-hybridized carbons (Fsp3) is 0.316. The Hall–Kier alpha value is -3.18. The predicted octanol–water partition coefficient (Wildman–Crippen LogP) is 0.813.